The molecular formula is C15H30NO5P. The number of carbonyl (C=O) groups is 2. The molecule has 0 aliphatic carbocycles. The van der Waals surface area contributed by atoms with Crippen LogP contribution in [0, 0.1) is 0 Å². The van der Waals surface area contributed by atoms with Gasteiger partial charge in [-0.05, 0) is 40.5 Å². The van der Waals surface area contributed by atoms with E-state index in [4.69, 9.17) is 13.8 Å². The van der Waals surface area contributed by atoms with Gasteiger partial charge in [-0.2, -0.15) is 0 Å². The lowest BCUT2D eigenvalue weighted by Gasteiger charge is -2.22. The number of hydrogen-bond acceptors (Lipinski definition) is 5. The maximum Gasteiger partial charge on any atom is 0.407 e. The highest BCUT2D eigenvalue weighted by Gasteiger charge is 2.19. The van der Waals surface area contributed by atoms with Gasteiger partial charge in [-0.15, -0.1) is 0 Å². The second kappa shape index (κ2) is 9.33. The fourth-order valence-electron chi connectivity index (χ4n) is 1.74. The van der Waals surface area contributed by atoms with Crippen LogP contribution < -0.4 is 5.32 Å². The predicted octanol–water partition coefficient (Wildman–Crippen LogP) is 3.21. The average molecular weight is 335 g/mol. The van der Waals surface area contributed by atoms with E-state index in [1.54, 1.807) is 0 Å². The smallest absolute Gasteiger partial charge is 0.407 e. The molecule has 0 rings (SSSR count). The van der Waals surface area contributed by atoms with Crippen molar-refractivity contribution in [3.63, 3.8) is 0 Å². The van der Waals surface area contributed by atoms with Gasteiger partial charge >= 0.3 is 6.09 Å². The van der Waals surface area contributed by atoms with Gasteiger partial charge in [0.05, 0.1) is 6.16 Å². The minimum Gasteiger partial charge on any atom is -0.444 e. The zero-order chi connectivity index (χ0) is 17.4. The summed E-state index contributed by atoms with van der Waals surface area (Å²) in [6, 6.07) is -0.0493. The fourth-order valence-corrected chi connectivity index (χ4v) is 2.84. The molecular weight excluding hydrogens is 305 g/mol. The third-order valence-corrected chi connectivity index (χ3v) is 5.10. The number of ketones is 1. The Labute approximate surface area is 134 Å². The molecule has 0 aliphatic heterocycles. The van der Waals surface area contributed by atoms with E-state index in [-0.39, 0.29) is 18.0 Å². The maximum atomic E-state index is 11.9. The molecule has 7 heteroatoms. The lowest BCUT2D eigenvalue weighted by molar-refractivity contribution is -0.116. The highest BCUT2D eigenvalue weighted by atomic mass is 31.2. The molecule has 0 heterocycles. The largest absolute Gasteiger partial charge is 0.444 e. The first-order chi connectivity index (χ1) is 10.0. The van der Waals surface area contributed by atoms with Crippen molar-refractivity contribution in [1.29, 1.82) is 0 Å². The average Bonchev–Trinajstić information content (AvgIpc) is 2.35. The summed E-state index contributed by atoms with van der Waals surface area (Å²) >= 11 is 0. The SMILES string of the molecule is C=P(CC(=O)CCC[C@H](C)NC(=O)OC(C)(C)C)(OC)OC. The number of carbonyl (C=O) groups excluding carboxylic acids is 2. The zero-order valence-electron chi connectivity index (χ0n) is 14.6. The summed E-state index contributed by atoms with van der Waals surface area (Å²) in [6.07, 6.45) is 5.42. The van der Waals surface area contributed by atoms with Crippen LogP contribution in [0.15, 0.2) is 0 Å². The maximum absolute atomic E-state index is 11.9. The number of amides is 1. The summed E-state index contributed by atoms with van der Waals surface area (Å²) in [5, 5.41) is 2.75. The minimum atomic E-state index is -2.29. The Morgan fingerprint density at radius 3 is 2.23 bits per heavy atom. The van der Waals surface area contributed by atoms with E-state index in [2.05, 4.69) is 11.6 Å². The molecule has 0 unspecified atom stereocenters. The van der Waals surface area contributed by atoms with Crippen LogP contribution in [0.4, 0.5) is 4.79 Å². The molecule has 130 valence electrons. The summed E-state index contributed by atoms with van der Waals surface area (Å²) in [7, 11) is 0.722. The summed E-state index contributed by atoms with van der Waals surface area (Å²) in [5.74, 6) is 0.0662. The van der Waals surface area contributed by atoms with Crippen LogP contribution in [0.2, 0.25) is 0 Å². The van der Waals surface area contributed by atoms with Gasteiger partial charge in [0, 0.05) is 26.7 Å². The van der Waals surface area contributed by atoms with Crippen LogP contribution in [0.3, 0.4) is 0 Å². The molecule has 1 amide bonds. The molecule has 0 saturated heterocycles. The Kier molecular flexibility index (Phi) is 8.98. The summed E-state index contributed by atoms with van der Waals surface area (Å²) in [6.45, 7) is 7.33. The molecule has 0 fully saturated rings. The number of nitrogens with one attached hydrogen (secondary N) is 1. The van der Waals surface area contributed by atoms with Crippen molar-refractivity contribution < 1.29 is 23.4 Å². The van der Waals surface area contributed by atoms with Crippen LogP contribution in [-0.4, -0.2) is 50.2 Å². The molecule has 0 bridgehead atoms. The summed E-state index contributed by atoms with van der Waals surface area (Å²) < 4.78 is 15.5. The van der Waals surface area contributed by atoms with Crippen molar-refractivity contribution in [3.8, 4) is 0 Å². The third kappa shape index (κ3) is 9.98. The fraction of sp³-hybridized carbons (Fsp3) is 0.800. The number of alkyl carbamates (subject to hydrolysis) is 1. The predicted molar refractivity (Wildman–Crippen MR) is 90.6 cm³/mol. The van der Waals surface area contributed by atoms with E-state index in [0.29, 0.717) is 19.3 Å². The van der Waals surface area contributed by atoms with Crippen molar-refractivity contribution in [2.45, 2.75) is 58.6 Å². The Morgan fingerprint density at radius 1 is 1.23 bits per heavy atom. The van der Waals surface area contributed by atoms with Crippen molar-refractivity contribution in [2.75, 3.05) is 20.4 Å². The molecule has 1 N–H and O–H groups in total. The quantitative estimate of drug-likeness (QED) is 0.655. The molecule has 0 aromatic carbocycles. The Balaban J connectivity index is 4.03. The molecule has 0 aromatic rings. The van der Waals surface area contributed by atoms with E-state index < -0.39 is 19.0 Å². The van der Waals surface area contributed by atoms with Gasteiger partial charge in [0.2, 0.25) is 0 Å². The molecule has 0 spiro atoms. The summed E-state index contributed by atoms with van der Waals surface area (Å²) in [4.78, 5) is 23.5. The van der Waals surface area contributed by atoms with E-state index >= 15 is 0 Å². The Hall–Kier alpha value is -0.840. The van der Waals surface area contributed by atoms with E-state index in [9.17, 15) is 9.59 Å². The van der Waals surface area contributed by atoms with Crippen molar-refractivity contribution in [3.05, 3.63) is 0 Å². The molecule has 1 atom stereocenters. The number of Topliss-reactive ketones (excluding diaryl/α,β-unsaturated/α-hetero) is 1. The highest BCUT2D eigenvalue weighted by molar-refractivity contribution is 7.65. The first-order valence-electron chi connectivity index (χ1n) is 7.36. The van der Waals surface area contributed by atoms with Gasteiger partial charge in [0.1, 0.15) is 18.7 Å². The van der Waals surface area contributed by atoms with Crippen LogP contribution in [0.1, 0.15) is 47.0 Å². The molecule has 0 saturated carbocycles. The monoisotopic (exact) mass is 335 g/mol. The topological polar surface area (TPSA) is 73.9 Å². The summed E-state index contributed by atoms with van der Waals surface area (Å²) in [5.41, 5.74) is -0.513. The van der Waals surface area contributed by atoms with Gasteiger partial charge in [0.25, 0.3) is 0 Å². The van der Waals surface area contributed by atoms with Crippen molar-refractivity contribution in [1.82, 2.24) is 5.32 Å². The zero-order valence-corrected chi connectivity index (χ0v) is 15.5. The molecule has 0 aliphatic rings. The normalized spacial score (nSPS) is 13.5. The number of ether oxygens (including phenoxy) is 1. The van der Waals surface area contributed by atoms with E-state index in [1.165, 1.54) is 14.2 Å². The van der Waals surface area contributed by atoms with Gasteiger partial charge < -0.3 is 19.1 Å². The lowest BCUT2D eigenvalue weighted by atomic mass is 10.1. The highest BCUT2D eigenvalue weighted by Crippen LogP contribution is 2.45. The van der Waals surface area contributed by atoms with Gasteiger partial charge in [-0.1, -0.05) is 6.30 Å². The van der Waals surface area contributed by atoms with Gasteiger partial charge in [-0.3, -0.25) is 4.79 Å². The Bertz CT molecular complexity index is 409. The van der Waals surface area contributed by atoms with Crippen LogP contribution in [0.5, 0.6) is 0 Å². The Morgan fingerprint density at radius 2 is 1.77 bits per heavy atom. The van der Waals surface area contributed by atoms with Crippen LogP contribution in [0.25, 0.3) is 0 Å². The molecule has 0 radical (unpaired) electrons. The minimum absolute atomic E-state index is 0.0493. The lowest BCUT2D eigenvalue weighted by Crippen LogP contribution is -2.37. The standard InChI is InChI=1S/C15H30NO5P/c1-12(16-14(18)21-15(2,3)4)9-8-10-13(17)11-22(7,19-5)20-6/h12H,7-11H2,1-6H3,(H,16,18)/t12-/m0/s1. The van der Waals surface area contributed by atoms with E-state index in [1.807, 2.05) is 27.7 Å². The van der Waals surface area contributed by atoms with Gasteiger partial charge in [-0.25, -0.2) is 4.79 Å². The first-order valence-corrected chi connectivity index (χ1v) is 9.36. The second-order valence-electron chi connectivity index (χ2n) is 6.32. The number of rotatable bonds is 9. The second-order valence-corrected chi connectivity index (χ2v) is 8.99. The molecule has 22 heavy (non-hydrogen) atoms. The molecule has 6 nitrogen and oxygen atoms in total. The third-order valence-electron chi connectivity index (χ3n) is 2.94. The van der Waals surface area contributed by atoms with Gasteiger partial charge in [0.15, 0.2) is 0 Å². The van der Waals surface area contributed by atoms with Crippen molar-refractivity contribution >= 4 is 25.5 Å². The van der Waals surface area contributed by atoms with Crippen molar-refractivity contribution in [2.24, 2.45) is 0 Å². The van der Waals surface area contributed by atoms with Crippen LogP contribution in [-0.2, 0) is 18.6 Å². The van der Waals surface area contributed by atoms with Crippen LogP contribution >= 0.6 is 7.34 Å². The first kappa shape index (κ1) is 21.2. The number of hydrogen-bond donors (Lipinski definition) is 1. The van der Waals surface area contributed by atoms with E-state index in [0.717, 1.165) is 0 Å². The molecule has 0 aromatic heterocycles.